The molecule has 0 saturated heterocycles. The van der Waals surface area contributed by atoms with E-state index in [2.05, 4.69) is 13.8 Å². The second kappa shape index (κ2) is 11.1. The van der Waals surface area contributed by atoms with Crippen molar-refractivity contribution >= 4 is 5.97 Å². The molecule has 0 heterocycles. The second-order valence-electron chi connectivity index (χ2n) is 5.17. The van der Waals surface area contributed by atoms with E-state index in [0.717, 1.165) is 6.07 Å². The van der Waals surface area contributed by atoms with Crippen molar-refractivity contribution in [3.05, 3.63) is 59.4 Å². The fourth-order valence-corrected chi connectivity index (χ4v) is 1.95. The fraction of sp³-hybridized carbons (Fsp3) is 0.350. The SMILES string of the molecule is CCC.CCOC(=O)c1cc(F)c(OC)cc1COc1ccccc1. The van der Waals surface area contributed by atoms with Crippen molar-refractivity contribution in [3.8, 4) is 11.5 Å². The van der Waals surface area contributed by atoms with Gasteiger partial charge in [0, 0.05) is 5.56 Å². The Kier molecular flexibility index (Phi) is 9.07. The third-order valence-corrected chi connectivity index (χ3v) is 3.01. The lowest BCUT2D eigenvalue weighted by molar-refractivity contribution is 0.0522. The zero-order valence-corrected chi connectivity index (χ0v) is 15.2. The van der Waals surface area contributed by atoms with Crippen LogP contribution in [0.2, 0.25) is 0 Å². The number of esters is 1. The molecule has 0 saturated carbocycles. The zero-order valence-electron chi connectivity index (χ0n) is 15.2. The molecule has 136 valence electrons. The normalized spacial score (nSPS) is 9.64. The molecule has 0 bridgehead atoms. The Bertz CT molecular complexity index is 656. The van der Waals surface area contributed by atoms with Crippen LogP contribution in [0.5, 0.6) is 11.5 Å². The van der Waals surface area contributed by atoms with Crippen molar-refractivity contribution < 1.29 is 23.4 Å². The maximum atomic E-state index is 13.8. The van der Waals surface area contributed by atoms with E-state index in [-0.39, 0.29) is 24.5 Å². The first-order chi connectivity index (χ1) is 12.1. The number of ether oxygens (including phenoxy) is 3. The van der Waals surface area contributed by atoms with E-state index in [1.54, 1.807) is 19.1 Å². The first-order valence-electron chi connectivity index (χ1n) is 8.28. The first-order valence-corrected chi connectivity index (χ1v) is 8.28. The van der Waals surface area contributed by atoms with Gasteiger partial charge >= 0.3 is 5.97 Å². The summed E-state index contributed by atoms with van der Waals surface area (Å²) < 4.78 is 29.3. The molecule has 0 aliphatic heterocycles. The van der Waals surface area contributed by atoms with Gasteiger partial charge in [0.15, 0.2) is 11.6 Å². The molecule has 0 spiro atoms. The molecule has 0 aliphatic carbocycles. The van der Waals surface area contributed by atoms with Crippen LogP contribution in [0.4, 0.5) is 4.39 Å². The van der Waals surface area contributed by atoms with Crippen molar-refractivity contribution in [3.63, 3.8) is 0 Å². The summed E-state index contributed by atoms with van der Waals surface area (Å²) in [4.78, 5) is 11.9. The maximum Gasteiger partial charge on any atom is 0.338 e. The van der Waals surface area contributed by atoms with Gasteiger partial charge < -0.3 is 14.2 Å². The van der Waals surface area contributed by atoms with Crippen LogP contribution in [0, 0.1) is 5.82 Å². The fourth-order valence-electron chi connectivity index (χ4n) is 1.95. The van der Waals surface area contributed by atoms with Crippen molar-refractivity contribution in [2.75, 3.05) is 13.7 Å². The van der Waals surface area contributed by atoms with Gasteiger partial charge in [-0.15, -0.1) is 0 Å². The van der Waals surface area contributed by atoms with Crippen molar-refractivity contribution in [2.24, 2.45) is 0 Å². The van der Waals surface area contributed by atoms with Crippen LogP contribution >= 0.6 is 0 Å². The van der Waals surface area contributed by atoms with E-state index in [9.17, 15) is 9.18 Å². The highest BCUT2D eigenvalue weighted by Crippen LogP contribution is 2.24. The average Bonchev–Trinajstić information content (AvgIpc) is 2.62. The third kappa shape index (κ3) is 6.45. The molecule has 25 heavy (non-hydrogen) atoms. The predicted octanol–water partition coefficient (Wildman–Crippen LogP) is 5.01. The lowest BCUT2D eigenvalue weighted by Crippen LogP contribution is -2.11. The number of hydrogen-bond donors (Lipinski definition) is 0. The molecule has 2 rings (SSSR count). The summed E-state index contributed by atoms with van der Waals surface area (Å²) in [5.41, 5.74) is 0.636. The average molecular weight is 348 g/mol. The quantitative estimate of drug-likeness (QED) is 0.689. The standard InChI is InChI=1S/C17H17FO4.C3H8/c1-3-21-17(19)14-10-15(18)16(20-2)9-12(14)11-22-13-7-5-4-6-8-13;1-3-2/h4-10H,3,11H2,1-2H3;3H2,1-2H3. The minimum atomic E-state index is -0.617. The van der Waals surface area contributed by atoms with Crippen molar-refractivity contribution in [1.82, 2.24) is 0 Å². The number of rotatable bonds is 6. The van der Waals surface area contributed by atoms with Crippen LogP contribution in [0.15, 0.2) is 42.5 Å². The number of halogens is 1. The number of benzene rings is 2. The third-order valence-electron chi connectivity index (χ3n) is 3.01. The van der Waals surface area contributed by atoms with Crippen molar-refractivity contribution in [1.29, 1.82) is 0 Å². The molecular weight excluding hydrogens is 323 g/mol. The summed E-state index contributed by atoms with van der Waals surface area (Å²) >= 11 is 0. The van der Waals surface area contributed by atoms with Gasteiger partial charge in [-0.3, -0.25) is 0 Å². The van der Waals surface area contributed by atoms with Gasteiger partial charge in [0.1, 0.15) is 12.4 Å². The number of para-hydroxylation sites is 1. The van der Waals surface area contributed by atoms with E-state index in [1.165, 1.54) is 19.6 Å². The number of methoxy groups -OCH3 is 1. The lowest BCUT2D eigenvalue weighted by Gasteiger charge is -2.13. The summed E-state index contributed by atoms with van der Waals surface area (Å²) in [6.45, 7) is 6.26. The second-order valence-corrected chi connectivity index (χ2v) is 5.17. The molecule has 0 atom stereocenters. The van der Waals surface area contributed by atoms with Gasteiger partial charge in [0.2, 0.25) is 0 Å². The molecular formula is C20H25FO4. The molecule has 0 radical (unpaired) electrons. The van der Waals surface area contributed by atoms with E-state index in [1.807, 2.05) is 18.2 Å². The van der Waals surface area contributed by atoms with Crippen LogP contribution < -0.4 is 9.47 Å². The molecule has 5 heteroatoms. The summed E-state index contributed by atoms with van der Waals surface area (Å²) in [6, 6.07) is 11.7. The predicted molar refractivity (Wildman–Crippen MR) is 95.6 cm³/mol. The smallest absolute Gasteiger partial charge is 0.338 e. The van der Waals surface area contributed by atoms with E-state index in [0.29, 0.717) is 11.3 Å². The molecule has 0 amide bonds. The zero-order chi connectivity index (χ0) is 18.7. The van der Waals surface area contributed by atoms with Crippen LogP contribution in [0.25, 0.3) is 0 Å². The monoisotopic (exact) mass is 348 g/mol. The molecule has 0 unspecified atom stereocenters. The Morgan fingerprint density at radius 2 is 1.72 bits per heavy atom. The molecule has 0 fully saturated rings. The van der Waals surface area contributed by atoms with Gasteiger partial charge in [0.25, 0.3) is 0 Å². The summed E-state index contributed by atoms with van der Waals surface area (Å²) in [5, 5.41) is 0. The first kappa shape index (κ1) is 20.5. The minimum absolute atomic E-state index is 0.0553. The number of carbonyl (C=O) groups is 1. The molecule has 2 aromatic rings. The van der Waals surface area contributed by atoms with Gasteiger partial charge in [0.05, 0.1) is 19.3 Å². The summed E-state index contributed by atoms with van der Waals surface area (Å²) in [7, 11) is 1.37. The van der Waals surface area contributed by atoms with Gasteiger partial charge in [-0.2, -0.15) is 0 Å². The topological polar surface area (TPSA) is 44.8 Å². The van der Waals surface area contributed by atoms with Gasteiger partial charge in [-0.1, -0.05) is 38.5 Å². The Morgan fingerprint density at radius 1 is 1.08 bits per heavy atom. The lowest BCUT2D eigenvalue weighted by atomic mass is 10.1. The van der Waals surface area contributed by atoms with Crippen LogP contribution in [0.1, 0.15) is 43.1 Å². The van der Waals surface area contributed by atoms with Crippen LogP contribution in [-0.4, -0.2) is 19.7 Å². The molecule has 0 aliphatic rings. The number of hydrogen-bond acceptors (Lipinski definition) is 4. The number of carbonyl (C=O) groups excluding carboxylic acids is 1. The Balaban J connectivity index is 0.000000970. The minimum Gasteiger partial charge on any atom is -0.494 e. The highest BCUT2D eigenvalue weighted by atomic mass is 19.1. The highest BCUT2D eigenvalue weighted by molar-refractivity contribution is 5.91. The Morgan fingerprint density at radius 3 is 2.28 bits per heavy atom. The Hall–Kier alpha value is -2.56. The van der Waals surface area contributed by atoms with Crippen molar-refractivity contribution in [2.45, 2.75) is 33.8 Å². The molecule has 4 nitrogen and oxygen atoms in total. The molecule has 0 N–H and O–H groups in total. The van der Waals surface area contributed by atoms with Gasteiger partial charge in [-0.05, 0) is 31.2 Å². The summed E-state index contributed by atoms with van der Waals surface area (Å²) in [6.07, 6.45) is 1.25. The maximum absolute atomic E-state index is 13.8. The summed E-state index contributed by atoms with van der Waals surface area (Å²) in [5.74, 6) is -0.495. The highest BCUT2D eigenvalue weighted by Gasteiger charge is 2.17. The van der Waals surface area contributed by atoms with E-state index < -0.39 is 11.8 Å². The molecule has 0 aromatic heterocycles. The van der Waals surface area contributed by atoms with Crippen LogP contribution in [0.3, 0.4) is 0 Å². The Labute approximate surface area is 148 Å². The van der Waals surface area contributed by atoms with Crippen LogP contribution in [-0.2, 0) is 11.3 Å². The largest absolute Gasteiger partial charge is 0.494 e. The molecule has 2 aromatic carbocycles. The van der Waals surface area contributed by atoms with E-state index >= 15 is 0 Å². The van der Waals surface area contributed by atoms with Gasteiger partial charge in [-0.25, -0.2) is 9.18 Å². The van der Waals surface area contributed by atoms with E-state index in [4.69, 9.17) is 14.2 Å².